The number of aryl methyl sites for hydroxylation is 2. The second-order valence-corrected chi connectivity index (χ2v) is 4.91. The lowest BCUT2D eigenvalue weighted by atomic mass is 10.1. The normalized spacial score (nSPS) is 11.2. The van der Waals surface area contributed by atoms with Crippen LogP contribution in [0.3, 0.4) is 0 Å². The fraction of sp³-hybridized carbons (Fsp3) is 0.312. The molecule has 2 aromatic heterocycles. The topological polar surface area (TPSA) is 34.8 Å². The number of fused-ring (bicyclic) bond motifs is 1. The second kappa shape index (κ2) is 5.92. The smallest absolute Gasteiger partial charge is 0.0588 e. The van der Waals surface area contributed by atoms with E-state index in [0.29, 0.717) is 0 Å². The number of hydrogen-bond donors (Lipinski definition) is 1. The molecule has 0 aliphatic rings. The Morgan fingerprint density at radius 3 is 2.85 bits per heavy atom. The van der Waals surface area contributed by atoms with E-state index >= 15 is 0 Å². The van der Waals surface area contributed by atoms with Gasteiger partial charge in [-0.1, -0.05) is 25.1 Å². The summed E-state index contributed by atoms with van der Waals surface area (Å²) >= 11 is 0. The molecule has 3 aromatic rings. The maximum absolute atomic E-state index is 4.26. The highest BCUT2D eigenvalue weighted by molar-refractivity contribution is 5.83. The van der Waals surface area contributed by atoms with E-state index in [9.17, 15) is 0 Å². The Bertz CT molecular complexity index is 667. The molecule has 0 aliphatic carbocycles. The summed E-state index contributed by atoms with van der Waals surface area (Å²) in [5, 5.41) is 8.98. The molecule has 0 radical (unpaired) electrons. The monoisotopic (exact) mass is 268 g/mol. The minimum atomic E-state index is 0.895. The molecule has 0 unspecified atom stereocenters. The molecule has 0 saturated carbocycles. The molecule has 1 aromatic carbocycles. The zero-order valence-electron chi connectivity index (χ0n) is 11.8. The number of nitrogens with one attached hydrogen (secondary N) is 1. The lowest BCUT2D eigenvalue weighted by Crippen LogP contribution is -2.13. The van der Waals surface area contributed by atoms with Gasteiger partial charge in [0.15, 0.2) is 0 Å². The minimum Gasteiger partial charge on any atom is -0.345 e. The Morgan fingerprint density at radius 2 is 2.05 bits per heavy atom. The molecule has 4 nitrogen and oxygen atoms in total. The summed E-state index contributed by atoms with van der Waals surface area (Å²) in [5.41, 5.74) is 2.69. The van der Waals surface area contributed by atoms with Gasteiger partial charge in [-0.25, -0.2) is 0 Å². The molecule has 0 saturated heterocycles. The maximum Gasteiger partial charge on any atom is 0.0588 e. The highest BCUT2D eigenvalue weighted by Gasteiger charge is 2.06. The van der Waals surface area contributed by atoms with Gasteiger partial charge < -0.3 is 9.88 Å². The first-order chi connectivity index (χ1) is 9.88. The molecule has 1 N–H and O–H groups in total. The summed E-state index contributed by atoms with van der Waals surface area (Å²) in [5.74, 6) is 0. The first kappa shape index (κ1) is 12.9. The van der Waals surface area contributed by atoms with Crippen LogP contribution in [0.5, 0.6) is 0 Å². The molecular weight excluding hydrogens is 248 g/mol. The highest BCUT2D eigenvalue weighted by Crippen LogP contribution is 2.20. The molecule has 0 atom stereocenters. The summed E-state index contributed by atoms with van der Waals surface area (Å²) in [6.07, 6.45) is 6.00. The van der Waals surface area contributed by atoms with Crippen LogP contribution in [0.1, 0.15) is 12.5 Å². The molecule has 0 fully saturated rings. The molecular formula is C16H20N4. The third kappa shape index (κ3) is 2.60. The van der Waals surface area contributed by atoms with Crippen LogP contribution in [0.15, 0.2) is 48.9 Å². The van der Waals surface area contributed by atoms with Crippen molar-refractivity contribution in [3.8, 4) is 0 Å². The molecule has 20 heavy (non-hydrogen) atoms. The summed E-state index contributed by atoms with van der Waals surface area (Å²) in [7, 11) is 0. The molecule has 0 amide bonds. The van der Waals surface area contributed by atoms with Gasteiger partial charge in [0.25, 0.3) is 0 Å². The van der Waals surface area contributed by atoms with Crippen molar-refractivity contribution < 1.29 is 0 Å². The fourth-order valence-electron chi connectivity index (χ4n) is 2.57. The van der Waals surface area contributed by atoms with Gasteiger partial charge >= 0.3 is 0 Å². The lowest BCUT2D eigenvalue weighted by Gasteiger charge is -2.10. The predicted molar refractivity (Wildman–Crippen MR) is 81.5 cm³/mol. The van der Waals surface area contributed by atoms with Gasteiger partial charge in [-0.3, -0.25) is 4.68 Å². The van der Waals surface area contributed by atoms with Crippen LogP contribution in [0.2, 0.25) is 0 Å². The highest BCUT2D eigenvalue weighted by atomic mass is 15.3. The van der Waals surface area contributed by atoms with E-state index in [-0.39, 0.29) is 0 Å². The van der Waals surface area contributed by atoms with Crippen LogP contribution in [-0.2, 0) is 19.6 Å². The van der Waals surface area contributed by atoms with Crippen LogP contribution in [0.25, 0.3) is 10.9 Å². The molecule has 0 bridgehead atoms. The molecule has 0 spiro atoms. The van der Waals surface area contributed by atoms with E-state index < -0.39 is 0 Å². The average Bonchev–Trinajstić information content (AvgIpc) is 3.12. The summed E-state index contributed by atoms with van der Waals surface area (Å²) < 4.78 is 4.29. The van der Waals surface area contributed by atoms with Crippen LogP contribution in [-0.4, -0.2) is 20.9 Å². The minimum absolute atomic E-state index is 0.895. The Balaban J connectivity index is 1.86. The van der Waals surface area contributed by atoms with Crippen LogP contribution < -0.4 is 5.32 Å². The van der Waals surface area contributed by atoms with E-state index in [1.807, 2.05) is 23.1 Å². The van der Waals surface area contributed by atoms with E-state index in [0.717, 1.165) is 26.2 Å². The number of nitrogens with zero attached hydrogens (tertiary/aromatic N) is 3. The summed E-state index contributed by atoms with van der Waals surface area (Å²) in [6.45, 7) is 5.88. The molecule has 2 heterocycles. The third-order valence-electron chi connectivity index (χ3n) is 3.57. The van der Waals surface area contributed by atoms with Gasteiger partial charge in [0, 0.05) is 31.7 Å². The van der Waals surface area contributed by atoms with Crippen LogP contribution >= 0.6 is 0 Å². The van der Waals surface area contributed by atoms with Crippen LogP contribution in [0, 0.1) is 0 Å². The van der Waals surface area contributed by atoms with Crippen molar-refractivity contribution in [1.29, 1.82) is 0 Å². The van der Waals surface area contributed by atoms with Crippen molar-refractivity contribution in [2.75, 3.05) is 6.54 Å². The van der Waals surface area contributed by atoms with E-state index in [1.54, 1.807) is 0 Å². The van der Waals surface area contributed by atoms with Crippen molar-refractivity contribution in [1.82, 2.24) is 19.7 Å². The summed E-state index contributed by atoms with van der Waals surface area (Å²) in [4.78, 5) is 0. The standard InChI is InChI=1S/C16H20N4/c1-2-17-13-15-6-3-5-14-7-10-19(16(14)15)11-12-20-9-4-8-18-20/h3-10,17H,2,11-13H2,1H3. The first-order valence-electron chi connectivity index (χ1n) is 7.13. The molecule has 4 heteroatoms. The third-order valence-corrected chi connectivity index (χ3v) is 3.57. The van der Waals surface area contributed by atoms with Gasteiger partial charge in [0.05, 0.1) is 12.1 Å². The van der Waals surface area contributed by atoms with Gasteiger partial charge in [0.2, 0.25) is 0 Å². The Hall–Kier alpha value is -2.07. The van der Waals surface area contributed by atoms with Gasteiger partial charge in [-0.05, 0) is 29.6 Å². The fourth-order valence-corrected chi connectivity index (χ4v) is 2.57. The van der Waals surface area contributed by atoms with Crippen molar-refractivity contribution >= 4 is 10.9 Å². The lowest BCUT2D eigenvalue weighted by molar-refractivity contribution is 0.542. The van der Waals surface area contributed by atoms with Crippen LogP contribution in [0.4, 0.5) is 0 Å². The predicted octanol–water partition coefficient (Wildman–Crippen LogP) is 2.65. The van der Waals surface area contributed by atoms with E-state index in [2.05, 4.69) is 52.4 Å². The number of rotatable bonds is 6. The number of benzene rings is 1. The SMILES string of the molecule is CCNCc1cccc2ccn(CCn3cccn3)c12. The van der Waals surface area contributed by atoms with Crippen molar-refractivity contribution in [2.24, 2.45) is 0 Å². The van der Waals surface area contributed by atoms with E-state index in [1.165, 1.54) is 16.5 Å². The Morgan fingerprint density at radius 1 is 1.10 bits per heavy atom. The van der Waals surface area contributed by atoms with E-state index in [4.69, 9.17) is 0 Å². The van der Waals surface area contributed by atoms with Crippen molar-refractivity contribution in [2.45, 2.75) is 26.6 Å². The summed E-state index contributed by atoms with van der Waals surface area (Å²) in [6, 6.07) is 10.7. The maximum atomic E-state index is 4.26. The zero-order valence-corrected chi connectivity index (χ0v) is 11.8. The van der Waals surface area contributed by atoms with Gasteiger partial charge in [-0.15, -0.1) is 0 Å². The molecule has 3 rings (SSSR count). The molecule has 104 valence electrons. The number of aromatic nitrogens is 3. The van der Waals surface area contributed by atoms with Crippen molar-refractivity contribution in [3.05, 3.63) is 54.5 Å². The largest absolute Gasteiger partial charge is 0.345 e. The van der Waals surface area contributed by atoms with Gasteiger partial charge in [-0.2, -0.15) is 5.10 Å². The Kier molecular flexibility index (Phi) is 3.83. The number of hydrogen-bond acceptors (Lipinski definition) is 2. The first-order valence-corrected chi connectivity index (χ1v) is 7.13. The average molecular weight is 268 g/mol. The zero-order chi connectivity index (χ0) is 13.8. The second-order valence-electron chi connectivity index (χ2n) is 4.91. The number of para-hydroxylation sites is 1. The quantitative estimate of drug-likeness (QED) is 0.746. The Labute approximate surface area is 119 Å². The molecule has 0 aliphatic heterocycles. The van der Waals surface area contributed by atoms with Gasteiger partial charge in [0.1, 0.15) is 0 Å². The van der Waals surface area contributed by atoms with Crippen molar-refractivity contribution in [3.63, 3.8) is 0 Å².